The summed E-state index contributed by atoms with van der Waals surface area (Å²) in [6, 6.07) is 19.8. The number of carbonyl (C=O) groups is 1. The highest BCUT2D eigenvalue weighted by Gasteiger charge is 2.17. The molecule has 0 spiro atoms. The Hall–Kier alpha value is -4.86. The van der Waals surface area contributed by atoms with Crippen LogP contribution in [0.15, 0.2) is 60.7 Å². The lowest BCUT2D eigenvalue weighted by Gasteiger charge is -2.11. The molecule has 0 atom stereocenters. The minimum atomic E-state index is -0.257. The molecule has 0 radical (unpaired) electrons. The van der Waals surface area contributed by atoms with Gasteiger partial charge in [0.1, 0.15) is 11.6 Å². The molecule has 0 saturated carbocycles. The van der Waals surface area contributed by atoms with E-state index in [9.17, 15) is 4.79 Å². The van der Waals surface area contributed by atoms with Gasteiger partial charge in [0, 0.05) is 36.2 Å². The van der Waals surface area contributed by atoms with Gasteiger partial charge in [-0.05, 0) is 49.6 Å². The summed E-state index contributed by atoms with van der Waals surface area (Å²) in [5.74, 6) is 2.99. The van der Waals surface area contributed by atoms with Gasteiger partial charge in [0.05, 0.1) is 19.7 Å². The van der Waals surface area contributed by atoms with Gasteiger partial charge in [-0.3, -0.25) is 15.1 Å². The van der Waals surface area contributed by atoms with Crippen LogP contribution >= 0.6 is 0 Å². The molecule has 3 aromatic heterocycles. The number of nitrogens with one attached hydrogen (secondary N) is 1. The fourth-order valence-electron chi connectivity index (χ4n) is 4.38. The maximum atomic E-state index is 11.7. The molecule has 0 aliphatic carbocycles. The van der Waals surface area contributed by atoms with Crippen molar-refractivity contribution in [3.8, 4) is 17.3 Å². The highest BCUT2D eigenvalue weighted by molar-refractivity contribution is 5.86. The highest BCUT2D eigenvalue weighted by atomic mass is 16.5. The van der Waals surface area contributed by atoms with Gasteiger partial charge < -0.3 is 9.47 Å². The topological polar surface area (TPSA) is 117 Å². The van der Waals surface area contributed by atoms with Gasteiger partial charge in [-0.15, -0.1) is 5.10 Å². The summed E-state index contributed by atoms with van der Waals surface area (Å²) in [7, 11) is 3.19. The predicted octanol–water partition coefficient (Wildman–Crippen LogP) is 4.27. The second-order valence-electron chi connectivity index (χ2n) is 9.07. The van der Waals surface area contributed by atoms with E-state index in [0.717, 1.165) is 34.3 Å². The number of carbonyl (C=O) groups excluding carboxylic acids is 1. The van der Waals surface area contributed by atoms with Crippen molar-refractivity contribution in [2.24, 2.45) is 0 Å². The maximum absolute atomic E-state index is 11.7. The monoisotopic (exact) mass is 523 g/mol. The van der Waals surface area contributed by atoms with Crippen LogP contribution in [0.3, 0.4) is 0 Å². The Balaban J connectivity index is 1.44. The van der Waals surface area contributed by atoms with Gasteiger partial charge in [-0.1, -0.05) is 30.3 Å². The van der Waals surface area contributed by atoms with E-state index >= 15 is 0 Å². The van der Waals surface area contributed by atoms with Gasteiger partial charge in [-0.2, -0.15) is 9.67 Å². The van der Waals surface area contributed by atoms with Crippen molar-refractivity contribution < 1.29 is 14.3 Å². The van der Waals surface area contributed by atoms with Crippen LogP contribution in [-0.4, -0.2) is 49.8 Å². The lowest BCUT2D eigenvalue weighted by atomic mass is 10.1. The standard InChI is InChI=1S/C29H29N7O3/c1-18-30-23(13-12-22-11-10-21-7-5-6-8-24(21)33-22)17-28(31-18)36-27(34-29(35-36)32-19(2)37)16-20-9-14-25(38-3)26(15-20)39-4/h5-11,14-15,17H,12-13,16H2,1-4H3,(H,32,35,37). The summed E-state index contributed by atoms with van der Waals surface area (Å²) in [5, 5.41) is 8.33. The molecule has 39 heavy (non-hydrogen) atoms. The van der Waals surface area contributed by atoms with E-state index in [2.05, 4.69) is 43.6 Å². The summed E-state index contributed by atoms with van der Waals surface area (Å²) >= 11 is 0. The van der Waals surface area contributed by atoms with E-state index in [1.807, 2.05) is 49.4 Å². The zero-order valence-electron chi connectivity index (χ0n) is 22.3. The first-order valence-electron chi connectivity index (χ1n) is 12.6. The first kappa shape index (κ1) is 25.8. The van der Waals surface area contributed by atoms with Crippen molar-refractivity contribution in [2.75, 3.05) is 19.5 Å². The summed E-state index contributed by atoms with van der Waals surface area (Å²) in [5.41, 5.74) is 3.77. The zero-order chi connectivity index (χ0) is 27.4. The number of ether oxygens (including phenoxy) is 2. The summed E-state index contributed by atoms with van der Waals surface area (Å²) < 4.78 is 12.5. The average molecular weight is 524 g/mol. The number of aryl methyl sites for hydroxylation is 3. The largest absolute Gasteiger partial charge is 0.493 e. The lowest BCUT2D eigenvalue weighted by molar-refractivity contribution is -0.114. The van der Waals surface area contributed by atoms with Crippen LogP contribution in [0.1, 0.15) is 35.5 Å². The van der Waals surface area contributed by atoms with Crippen molar-refractivity contribution >= 4 is 22.8 Å². The van der Waals surface area contributed by atoms with Crippen molar-refractivity contribution in [3.63, 3.8) is 0 Å². The van der Waals surface area contributed by atoms with Crippen LogP contribution in [0.4, 0.5) is 5.95 Å². The van der Waals surface area contributed by atoms with E-state index in [-0.39, 0.29) is 11.9 Å². The summed E-state index contributed by atoms with van der Waals surface area (Å²) in [6.45, 7) is 3.27. The van der Waals surface area contributed by atoms with Crippen LogP contribution in [-0.2, 0) is 24.1 Å². The number of hydrogen-bond donors (Lipinski definition) is 1. The number of rotatable bonds is 9. The van der Waals surface area contributed by atoms with Crippen LogP contribution in [0.5, 0.6) is 11.5 Å². The molecule has 5 aromatic rings. The number of para-hydroxylation sites is 1. The predicted molar refractivity (Wildman–Crippen MR) is 147 cm³/mol. The van der Waals surface area contributed by atoms with E-state index < -0.39 is 0 Å². The van der Waals surface area contributed by atoms with Crippen molar-refractivity contribution in [1.82, 2.24) is 29.7 Å². The van der Waals surface area contributed by atoms with Gasteiger partial charge in [0.25, 0.3) is 0 Å². The third kappa shape index (κ3) is 6.01. The smallest absolute Gasteiger partial charge is 0.249 e. The molecule has 198 valence electrons. The van der Waals surface area contributed by atoms with Crippen LogP contribution in [0, 0.1) is 6.92 Å². The Kier molecular flexibility index (Phi) is 7.44. The third-order valence-corrected chi connectivity index (χ3v) is 6.16. The summed E-state index contributed by atoms with van der Waals surface area (Å²) in [4.78, 5) is 30.4. The van der Waals surface area contributed by atoms with Crippen molar-refractivity contribution in [2.45, 2.75) is 33.1 Å². The number of amides is 1. The molecule has 0 bridgehead atoms. The number of pyridine rings is 1. The highest BCUT2D eigenvalue weighted by Crippen LogP contribution is 2.28. The Morgan fingerprint density at radius 2 is 1.67 bits per heavy atom. The number of aromatic nitrogens is 6. The van der Waals surface area contributed by atoms with E-state index in [4.69, 9.17) is 14.5 Å². The van der Waals surface area contributed by atoms with Gasteiger partial charge in [0.2, 0.25) is 11.9 Å². The number of hydrogen-bond acceptors (Lipinski definition) is 8. The minimum absolute atomic E-state index is 0.205. The molecule has 1 amide bonds. The molecule has 0 saturated heterocycles. The lowest BCUT2D eigenvalue weighted by Crippen LogP contribution is -2.10. The normalized spacial score (nSPS) is 11.0. The zero-order valence-corrected chi connectivity index (χ0v) is 22.3. The fourth-order valence-corrected chi connectivity index (χ4v) is 4.38. The number of fused-ring (bicyclic) bond motifs is 1. The second kappa shape index (κ2) is 11.3. The van der Waals surface area contributed by atoms with Crippen LogP contribution in [0.2, 0.25) is 0 Å². The molecular formula is C29H29N7O3. The Bertz CT molecular complexity index is 1650. The fraction of sp³-hybridized carbons (Fsp3) is 0.241. The Morgan fingerprint density at radius 3 is 2.46 bits per heavy atom. The van der Waals surface area contributed by atoms with Gasteiger partial charge in [0.15, 0.2) is 17.3 Å². The average Bonchev–Trinajstić information content (AvgIpc) is 3.32. The molecule has 2 aromatic carbocycles. The first-order chi connectivity index (χ1) is 18.9. The van der Waals surface area contributed by atoms with Crippen molar-refractivity contribution in [3.05, 3.63) is 89.3 Å². The number of benzene rings is 2. The van der Waals surface area contributed by atoms with Gasteiger partial charge in [-0.25, -0.2) is 9.97 Å². The third-order valence-electron chi connectivity index (χ3n) is 6.16. The number of methoxy groups -OCH3 is 2. The second-order valence-corrected chi connectivity index (χ2v) is 9.07. The minimum Gasteiger partial charge on any atom is -0.493 e. The molecule has 1 N–H and O–H groups in total. The molecule has 3 heterocycles. The van der Waals surface area contributed by atoms with E-state index in [1.54, 1.807) is 18.9 Å². The number of nitrogens with zero attached hydrogens (tertiary/aromatic N) is 6. The van der Waals surface area contributed by atoms with Gasteiger partial charge >= 0.3 is 0 Å². The van der Waals surface area contributed by atoms with E-state index in [0.29, 0.717) is 41.8 Å². The molecule has 0 fully saturated rings. The Labute approximate surface area is 226 Å². The quantitative estimate of drug-likeness (QED) is 0.305. The molecule has 0 unspecified atom stereocenters. The molecule has 5 rings (SSSR count). The maximum Gasteiger partial charge on any atom is 0.249 e. The molecule has 10 nitrogen and oxygen atoms in total. The molecule has 0 aliphatic heterocycles. The SMILES string of the molecule is COc1ccc(Cc2nc(NC(C)=O)nn2-c2cc(CCc3ccc4ccccc4n3)nc(C)n2)cc1OC. The number of anilines is 1. The summed E-state index contributed by atoms with van der Waals surface area (Å²) in [6.07, 6.45) is 1.83. The first-order valence-corrected chi connectivity index (χ1v) is 12.6. The molecule has 0 aliphatic rings. The van der Waals surface area contributed by atoms with Crippen molar-refractivity contribution in [1.29, 1.82) is 0 Å². The van der Waals surface area contributed by atoms with E-state index in [1.165, 1.54) is 6.92 Å². The molecular weight excluding hydrogens is 494 g/mol. The molecule has 10 heteroatoms. The van der Waals surface area contributed by atoms with Crippen LogP contribution < -0.4 is 14.8 Å². The van der Waals surface area contributed by atoms with Crippen LogP contribution in [0.25, 0.3) is 16.7 Å². The Morgan fingerprint density at radius 1 is 0.872 bits per heavy atom.